The van der Waals surface area contributed by atoms with Gasteiger partial charge in [0.1, 0.15) is 6.10 Å². The SMILES string of the molecule is COC(=O)c1ccc(CC(C)N(Cc2ccccc2)CC(O)c2csc(NC(=O)c3ccccc3)n2)cc1. The van der Waals surface area contributed by atoms with E-state index < -0.39 is 6.10 Å². The number of nitrogens with one attached hydrogen (secondary N) is 1. The average Bonchev–Trinajstić information content (AvgIpc) is 3.42. The molecule has 8 heteroatoms. The van der Waals surface area contributed by atoms with Crippen LogP contribution in [0.4, 0.5) is 5.13 Å². The van der Waals surface area contributed by atoms with Crippen molar-refractivity contribution < 1.29 is 19.4 Å². The van der Waals surface area contributed by atoms with Gasteiger partial charge in [0.05, 0.1) is 18.4 Å². The van der Waals surface area contributed by atoms with Gasteiger partial charge in [-0.2, -0.15) is 0 Å². The zero-order chi connectivity index (χ0) is 26.9. The Hall–Kier alpha value is -3.85. The molecule has 1 aromatic heterocycles. The van der Waals surface area contributed by atoms with E-state index >= 15 is 0 Å². The van der Waals surface area contributed by atoms with Crippen LogP contribution in [0.5, 0.6) is 0 Å². The van der Waals surface area contributed by atoms with Crippen LogP contribution in [0.15, 0.2) is 90.3 Å². The molecule has 4 aromatic rings. The molecule has 0 aliphatic carbocycles. The summed E-state index contributed by atoms with van der Waals surface area (Å²) < 4.78 is 4.79. The minimum absolute atomic E-state index is 0.0877. The Kier molecular flexibility index (Phi) is 9.37. The molecule has 0 saturated carbocycles. The summed E-state index contributed by atoms with van der Waals surface area (Å²) in [5.41, 5.74) is 3.80. The first-order valence-electron chi connectivity index (χ1n) is 12.4. The van der Waals surface area contributed by atoms with E-state index in [1.54, 1.807) is 29.6 Å². The van der Waals surface area contributed by atoms with Gasteiger partial charge in [0.15, 0.2) is 5.13 Å². The molecule has 7 nitrogen and oxygen atoms in total. The molecule has 1 amide bonds. The van der Waals surface area contributed by atoms with Crippen LogP contribution >= 0.6 is 11.3 Å². The van der Waals surface area contributed by atoms with Crippen LogP contribution in [0.3, 0.4) is 0 Å². The zero-order valence-corrected chi connectivity index (χ0v) is 22.2. The summed E-state index contributed by atoms with van der Waals surface area (Å²) in [4.78, 5) is 30.9. The lowest BCUT2D eigenvalue weighted by atomic mass is 10.0. The van der Waals surface area contributed by atoms with E-state index in [9.17, 15) is 14.7 Å². The predicted octanol–water partition coefficient (Wildman–Crippen LogP) is 5.35. The monoisotopic (exact) mass is 529 g/mol. The fourth-order valence-corrected chi connectivity index (χ4v) is 4.91. The summed E-state index contributed by atoms with van der Waals surface area (Å²) in [6.45, 7) is 3.14. The Bertz CT molecular complexity index is 1330. The fraction of sp³-hybridized carbons (Fsp3) is 0.233. The first-order valence-corrected chi connectivity index (χ1v) is 13.3. The van der Waals surface area contributed by atoms with Gasteiger partial charge in [0.2, 0.25) is 0 Å². The molecule has 2 unspecified atom stereocenters. The normalized spacial score (nSPS) is 12.6. The molecule has 1 heterocycles. The molecule has 0 aliphatic rings. The molecule has 0 spiro atoms. The third-order valence-corrected chi connectivity index (χ3v) is 7.06. The Morgan fingerprint density at radius 1 is 0.947 bits per heavy atom. The van der Waals surface area contributed by atoms with E-state index in [-0.39, 0.29) is 17.9 Å². The number of rotatable bonds is 11. The smallest absolute Gasteiger partial charge is 0.337 e. The molecule has 3 aromatic carbocycles. The van der Waals surface area contributed by atoms with Gasteiger partial charge in [-0.15, -0.1) is 11.3 Å². The average molecular weight is 530 g/mol. The van der Waals surface area contributed by atoms with Crippen LogP contribution in [-0.2, 0) is 17.7 Å². The summed E-state index contributed by atoms with van der Waals surface area (Å²) in [6.07, 6.45) is -0.0994. The lowest BCUT2D eigenvalue weighted by molar-refractivity contribution is 0.0600. The zero-order valence-electron chi connectivity index (χ0n) is 21.4. The standard InChI is InChI=1S/C30H31N3O4S/c1-21(17-22-13-15-25(16-14-22)29(36)37-2)33(18-23-9-5-3-6-10-23)19-27(34)26-20-38-30(31-26)32-28(35)24-11-7-4-8-12-24/h3-16,20-21,27,34H,17-19H2,1-2H3,(H,31,32,35). The van der Waals surface area contributed by atoms with Crippen molar-refractivity contribution in [3.8, 4) is 0 Å². The molecule has 0 radical (unpaired) electrons. The number of amides is 1. The Labute approximate surface area is 226 Å². The lowest BCUT2D eigenvalue weighted by Gasteiger charge is -2.31. The molecular formula is C30H31N3O4S. The summed E-state index contributed by atoms with van der Waals surface area (Å²) >= 11 is 1.29. The number of anilines is 1. The number of carbonyl (C=O) groups is 2. The molecule has 0 fully saturated rings. The van der Waals surface area contributed by atoms with Crippen molar-refractivity contribution in [2.75, 3.05) is 19.0 Å². The van der Waals surface area contributed by atoms with Crippen LogP contribution in [-0.4, -0.2) is 46.6 Å². The van der Waals surface area contributed by atoms with Crippen LogP contribution < -0.4 is 5.32 Å². The number of thiazole rings is 1. The van der Waals surface area contributed by atoms with Crippen molar-refractivity contribution in [3.63, 3.8) is 0 Å². The van der Waals surface area contributed by atoms with Gasteiger partial charge in [-0.1, -0.05) is 60.7 Å². The Morgan fingerprint density at radius 2 is 1.61 bits per heavy atom. The number of hydrogen-bond donors (Lipinski definition) is 2. The van der Waals surface area contributed by atoms with Crippen molar-refractivity contribution in [1.29, 1.82) is 0 Å². The van der Waals surface area contributed by atoms with E-state index in [1.165, 1.54) is 18.4 Å². The molecule has 2 N–H and O–H groups in total. The van der Waals surface area contributed by atoms with Crippen LogP contribution in [0.1, 0.15) is 50.6 Å². The number of aliphatic hydroxyl groups is 1. The van der Waals surface area contributed by atoms with Gasteiger partial charge < -0.3 is 9.84 Å². The number of ether oxygens (including phenoxy) is 1. The van der Waals surface area contributed by atoms with Crippen molar-refractivity contribution in [1.82, 2.24) is 9.88 Å². The maximum Gasteiger partial charge on any atom is 0.337 e. The number of aromatic nitrogens is 1. The van der Waals surface area contributed by atoms with Crippen molar-refractivity contribution >= 4 is 28.3 Å². The van der Waals surface area contributed by atoms with E-state index in [0.29, 0.717) is 35.0 Å². The second-order valence-corrected chi connectivity index (χ2v) is 9.93. The Morgan fingerprint density at radius 3 is 2.26 bits per heavy atom. The van der Waals surface area contributed by atoms with Gasteiger partial charge >= 0.3 is 5.97 Å². The van der Waals surface area contributed by atoms with E-state index in [1.807, 2.05) is 48.5 Å². The molecule has 0 aliphatic heterocycles. The first kappa shape index (κ1) is 27.2. The predicted molar refractivity (Wildman–Crippen MR) is 149 cm³/mol. The minimum Gasteiger partial charge on any atom is -0.465 e. The summed E-state index contributed by atoms with van der Waals surface area (Å²) in [7, 11) is 1.37. The Balaban J connectivity index is 1.44. The molecule has 196 valence electrons. The van der Waals surface area contributed by atoms with Gasteiger partial charge in [-0.05, 0) is 48.7 Å². The largest absolute Gasteiger partial charge is 0.465 e. The molecule has 38 heavy (non-hydrogen) atoms. The van der Waals surface area contributed by atoms with Crippen molar-refractivity contribution in [2.24, 2.45) is 0 Å². The van der Waals surface area contributed by atoms with Gasteiger partial charge in [0.25, 0.3) is 5.91 Å². The number of aliphatic hydroxyl groups excluding tert-OH is 1. The molecule has 0 saturated heterocycles. The second-order valence-electron chi connectivity index (χ2n) is 9.07. The first-order chi connectivity index (χ1) is 18.4. The van der Waals surface area contributed by atoms with Crippen molar-refractivity contribution in [2.45, 2.75) is 32.0 Å². The van der Waals surface area contributed by atoms with E-state index in [0.717, 1.165) is 17.5 Å². The van der Waals surface area contributed by atoms with Gasteiger partial charge in [0, 0.05) is 30.1 Å². The third-order valence-electron chi connectivity index (χ3n) is 6.29. The highest BCUT2D eigenvalue weighted by atomic mass is 32.1. The van der Waals surface area contributed by atoms with Gasteiger partial charge in [-0.25, -0.2) is 9.78 Å². The number of esters is 1. The van der Waals surface area contributed by atoms with Gasteiger partial charge in [-0.3, -0.25) is 15.0 Å². The third kappa shape index (κ3) is 7.35. The molecular weight excluding hydrogens is 498 g/mol. The molecule has 2 atom stereocenters. The molecule has 0 bridgehead atoms. The second kappa shape index (κ2) is 13.1. The summed E-state index contributed by atoms with van der Waals surface area (Å²) in [6, 6.07) is 26.6. The quantitative estimate of drug-likeness (QED) is 0.255. The topological polar surface area (TPSA) is 91.8 Å². The highest BCUT2D eigenvalue weighted by Gasteiger charge is 2.22. The van der Waals surface area contributed by atoms with E-state index in [4.69, 9.17) is 4.74 Å². The minimum atomic E-state index is -0.832. The number of hydrogen-bond acceptors (Lipinski definition) is 7. The maximum atomic E-state index is 12.5. The maximum absolute atomic E-state index is 12.5. The van der Waals surface area contributed by atoms with Crippen molar-refractivity contribution in [3.05, 3.63) is 118 Å². The highest BCUT2D eigenvalue weighted by molar-refractivity contribution is 7.14. The summed E-state index contributed by atoms with van der Waals surface area (Å²) in [5, 5.41) is 16.1. The highest BCUT2D eigenvalue weighted by Crippen LogP contribution is 2.24. The lowest BCUT2D eigenvalue weighted by Crippen LogP contribution is -2.37. The number of benzene rings is 3. The van der Waals surface area contributed by atoms with E-state index in [2.05, 4.69) is 34.3 Å². The molecule has 4 rings (SSSR count). The van der Waals surface area contributed by atoms with Crippen LogP contribution in [0.2, 0.25) is 0 Å². The van der Waals surface area contributed by atoms with Crippen LogP contribution in [0, 0.1) is 0 Å². The number of carbonyl (C=O) groups excluding carboxylic acids is 2. The number of nitrogens with zero attached hydrogens (tertiary/aromatic N) is 2. The fourth-order valence-electron chi connectivity index (χ4n) is 4.15. The number of methoxy groups -OCH3 is 1. The summed E-state index contributed by atoms with van der Waals surface area (Å²) in [5.74, 6) is -0.598. The van der Waals surface area contributed by atoms with Crippen LogP contribution in [0.25, 0.3) is 0 Å².